The topological polar surface area (TPSA) is 76.2 Å². The smallest absolute Gasteiger partial charge is 0.294 e. The molecule has 2 aliphatic heterocycles. The van der Waals surface area contributed by atoms with E-state index in [1.54, 1.807) is 30.2 Å². The molecule has 0 saturated carbocycles. The molecular formula is C27H29BrN2O5S. The number of methoxy groups -OCH3 is 1. The number of amides is 3. The van der Waals surface area contributed by atoms with Crippen LogP contribution in [0.5, 0.6) is 11.5 Å². The number of hydrogen-bond donors (Lipinski definition) is 0. The number of thioether (sulfide) groups is 1. The third-order valence-electron chi connectivity index (χ3n) is 6.17. The van der Waals surface area contributed by atoms with Gasteiger partial charge in [0.15, 0.2) is 11.5 Å². The summed E-state index contributed by atoms with van der Waals surface area (Å²) in [7, 11) is 1.55. The normalized spacial score (nSPS) is 17.5. The van der Waals surface area contributed by atoms with Crippen LogP contribution in [0.2, 0.25) is 0 Å². The predicted molar refractivity (Wildman–Crippen MR) is 144 cm³/mol. The number of carbonyl (C=O) groups excluding carboxylic acids is 3. The van der Waals surface area contributed by atoms with Crippen molar-refractivity contribution in [2.45, 2.75) is 39.2 Å². The molecule has 2 fully saturated rings. The van der Waals surface area contributed by atoms with Crippen molar-refractivity contribution >= 4 is 50.8 Å². The zero-order valence-electron chi connectivity index (χ0n) is 20.4. The summed E-state index contributed by atoms with van der Waals surface area (Å²) in [5.41, 5.74) is 2.86. The molecule has 0 N–H and O–H groups in total. The maximum atomic E-state index is 13.0. The largest absolute Gasteiger partial charge is 0.493 e. The molecule has 190 valence electrons. The molecule has 9 heteroatoms. The molecule has 0 radical (unpaired) electrons. The predicted octanol–water partition coefficient (Wildman–Crippen LogP) is 5.78. The standard InChI is InChI=1S/C27H29BrN2O5S/c1-18-8-7-9-19(12-18)17-35-23-15-21(28)20(13-22(23)34-2)14-24-26(32)30(27(33)36-24)16-25(31)29-10-5-3-4-6-11-29/h7-9,12-15H,3-6,10-11,16-17H2,1-2H3. The van der Waals surface area contributed by atoms with Gasteiger partial charge in [-0.15, -0.1) is 0 Å². The highest BCUT2D eigenvalue weighted by atomic mass is 79.9. The zero-order valence-corrected chi connectivity index (χ0v) is 22.8. The fourth-order valence-electron chi connectivity index (χ4n) is 4.23. The summed E-state index contributed by atoms with van der Waals surface area (Å²) in [5.74, 6) is 0.420. The van der Waals surface area contributed by atoms with E-state index < -0.39 is 11.1 Å². The lowest BCUT2D eigenvalue weighted by molar-refractivity contribution is -0.135. The van der Waals surface area contributed by atoms with Crippen molar-refractivity contribution in [3.8, 4) is 11.5 Å². The first kappa shape index (κ1) is 26.3. The van der Waals surface area contributed by atoms with Crippen LogP contribution < -0.4 is 9.47 Å². The van der Waals surface area contributed by atoms with Gasteiger partial charge < -0.3 is 14.4 Å². The highest BCUT2D eigenvalue weighted by Gasteiger charge is 2.37. The lowest BCUT2D eigenvalue weighted by Gasteiger charge is -2.22. The van der Waals surface area contributed by atoms with Gasteiger partial charge in [0, 0.05) is 17.6 Å². The Morgan fingerprint density at radius 3 is 2.53 bits per heavy atom. The number of imide groups is 1. The number of carbonyl (C=O) groups is 3. The Bertz CT molecular complexity index is 1190. The van der Waals surface area contributed by atoms with Gasteiger partial charge in [0.05, 0.1) is 12.0 Å². The van der Waals surface area contributed by atoms with Crippen molar-refractivity contribution in [2.75, 3.05) is 26.7 Å². The molecule has 2 aromatic carbocycles. The van der Waals surface area contributed by atoms with Gasteiger partial charge in [-0.25, -0.2) is 0 Å². The van der Waals surface area contributed by atoms with Crippen molar-refractivity contribution < 1.29 is 23.9 Å². The molecule has 0 spiro atoms. The summed E-state index contributed by atoms with van der Waals surface area (Å²) in [4.78, 5) is 41.4. The van der Waals surface area contributed by atoms with Gasteiger partial charge in [0.25, 0.3) is 11.1 Å². The van der Waals surface area contributed by atoms with Crippen LogP contribution in [0.1, 0.15) is 42.4 Å². The number of nitrogens with zero attached hydrogens (tertiary/aromatic N) is 2. The summed E-state index contributed by atoms with van der Waals surface area (Å²) in [5, 5.41) is -0.435. The van der Waals surface area contributed by atoms with E-state index in [0.717, 1.165) is 53.5 Å². The first-order valence-electron chi connectivity index (χ1n) is 11.9. The number of aryl methyl sites for hydroxylation is 1. The quantitative estimate of drug-likeness (QED) is 0.391. The van der Waals surface area contributed by atoms with Crippen molar-refractivity contribution in [1.29, 1.82) is 0 Å². The molecule has 0 unspecified atom stereocenters. The number of hydrogen-bond acceptors (Lipinski definition) is 6. The van der Waals surface area contributed by atoms with Crippen LogP contribution in [-0.4, -0.2) is 53.6 Å². The molecule has 7 nitrogen and oxygen atoms in total. The van der Waals surface area contributed by atoms with Crippen molar-refractivity contribution in [2.24, 2.45) is 0 Å². The molecular weight excluding hydrogens is 544 g/mol. The van der Waals surface area contributed by atoms with Gasteiger partial charge in [-0.05, 0) is 60.9 Å². The third-order valence-corrected chi connectivity index (χ3v) is 7.77. The van der Waals surface area contributed by atoms with Gasteiger partial charge in [-0.2, -0.15) is 0 Å². The summed E-state index contributed by atoms with van der Waals surface area (Å²) in [6.45, 7) is 3.54. The van der Waals surface area contributed by atoms with Gasteiger partial charge in [0.1, 0.15) is 13.2 Å². The van der Waals surface area contributed by atoms with Gasteiger partial charge in [-0.1, -0.05) is 58.6 Å². The van der Waals surface area contributed by atoms with Gasteiger partial charge >= 0.3 is 0 Å². The van der Waals surface area contributed by atoms with E-state index >= 15 is 0 Å². The SMILES string of the molecule is COc1cc(C=C2SC(=O)N(CC(=O)N3CCCCCC3)C2=O)c(Br)cc1OCc1cccc(C)c1. The third kappa shape index (κ3) is 6.31. The van der Waals surface area contributed by atoms with Crippen molar-refractivity contribution in [1.82, 2.24) is 9.80 Å². The number of benzene rings is 2. The fraction of sp³-hybridized carbons (Fsp3) is 0.370. The highest BCUT2D eigenvalue weighted by Crippen LogP contribution is 2.38. The van der Waals surface area contributed by atoms with E-state index in [1.165, 1.54) is 0 Å². The lowest BCUT2D eigenvalue weighted by atomic mass is 10.1. The Morgan fingerprint density at radius 1 is 1.08 bits per heavy atom. The Morgan fingerprint density at radius 2 is 1.83 bits per heavy atom. The van der Waals surface area contributed by atoms with E-state index in [1.807, 2.05) is 25.1 Å². The van der Waals surface area contributed by atoms with Gasteiger partial charge in [0.2, 0.25) is 5.91 Å². The Kier molecular flexibility index (Phi) is 8.74. The summed E-state index contributed by atoms with van der Waals surface area (Å²) < 4.78 is 12.2. The van der Waals surface area contributed by atoms with Crippen molar-refractivity contribution in [3.63, 3.8) is 0 Å². The van der Waals surface area contributed by atoms with E-state index in [2.05, 4.69) is 22.0 Å². The molecule has 2 saturated heterocycles. The van der Waals surface area contributed by atoms with Crippen LogP contribution in [0.3, 0.4) is 0 Å². The average Bonchev–Trinajstić information content (AvgIpc) is 3.04. The molecule has 4 rings (SSSR count). The van der Waals surface area contributed by atoms with E-state index in [9.17, 15) is 14.4 Å². The van der Waals surface area contributed by atoms with E-state index in [4.69, 9.17) is 9.47 Å². The van der Waals surface area contributed by atoms with Crippen LogP contribution in [-0.2, 0) is 16.2 Å². The molecule has 3 amide bonds. The minimum atomic E-state index is -0.459. The second kappa shape index (κ2) is 12.0. The molecule has 36 heavy (non-hydrogen) atoms. The number of halogens is 1. The maximum Gasteiger partial charge on any atom is 0.294 e. The number of ether oxygens (including phenoxy) is 2. The number of likely N-dealkylation sites (tertiary alicyclic amines) is 1. The molecule has 2 aromatic rings. The van der Waals surface area contributed by atoms with Crippen LogP contribution >= 0.6 is 27.7 Å². The first-order chi connectivity index (χ1) is 17.4. The van der Waals surface area contributed by atoms with E-state index in [-0.39, 0.29) is 17.4 Å². The zero-order chi connectivity index (χ0) is 25.7. The van der Waals surface area contributed by atoms with Crippen LogP contribution in [0.15, 0.2) is 45.8 Å². The van der Waals surface area contributed by atoms with Crippen LogP contribution in [0.4, 0.5) is 4.79 Å². The molecule has 2 aliphatic rings. The van der Waals surface area contributed by atoms with Crippen LogP contribution in [0, 0.1) is 6.92 Å². The van der Waals surface area contributed by atoms with Crippen molar-refractivity contribution in [3.05, 3.63) is 62.5 Å². The first-order valence-corrected chi connectivity index (χ1v) is 13.6. The molecule has 0 aromatic heterocycles. The monoisotopic (exact) mass is 572 g/mol. The minimum Gasteiger partial charge on any atom is -0.493 e. The minimum absolute atomic E-state index is 0.182. The second-order valence-electron chi connectivity index (χ2n) is 8.87. The molecule has 2 heterocycles. The molecule has 0 atom stereocenters. The molecule has 0 bridgehead atoms. The lowest BCUT2D eigenvalue weighted by Crippen LogP contribution is -2.42. The fourth-order valence-corrected chi connectivity index (χ4v) is 5.50. The number of rotatable bonds is 7. The van der Waals surface area contributed by atoms with Gasteiger partial charge in [-0.3, -0.25) is 19.3 Å². The maximum absolute atomic E-state index is 13.0. The Hall–Kier alpha value is -2.78. The molecule has 0 aliphatic carbocycles. The van der Waals surface area contributed by atoms with Crippen LogP contribution in [0.25, 0.3) is 6.08 Å². The second-order valence-corrected chi connectivity index (χ2v) is 10.7. The van der Waals surface area contributed by atoms with E-state index in [0.29, 0.717) is 41.2 Å². The average molecular weight is 574 g/mol. The summed E-state index contributed by atoms with van der Waals surface area (Å²) >= 11 is 4.39. The summed E-state index contributed by atoms with van der Waals surface area (Å²) in [6.07, 6.45) is 5.74. The Labute approximate surface area is 223 Å². The summed E-state index contributed by atoms with van der Waals surface area (Å²) in [6, 6.07) is 11.6. The highest BCUT2D eigenvalue weighted by molar-refractivity contribution is 9.10. The Balaban J connectivity index is 1.48.